The summed E-state index contributed by atoms with van der Waals surface area (Å²) in [6.07, 6.45) is 3.59. The quantitative estimate of drug-likeness (QED) is 0.630. The van der Waals surface area contributed by atoms with Crippen LogP contribution in [0.1, 0.15) is 19.4 Å². The average molecular weight is 305 g/mol. The molecule has 0 bridgehead atoms. The molecule has 1 aliphatic heterocycles. The van der Waals surface area contributed by atoms with Crippen molar-refractivity contribution in [1.29, 1.82) is 0 Å². The molecule has 2 heterocycles. The van der Waals surface area contributed by atoms with Gasteiger partial charge in [0.15, 0.2) is 0 Å². The lowest BCUT2D eigenvalue weighted by Crippen LogP contribution is -2.43. The van der Waals surface area contributed by atoms with E-state index in [0.717, 1.165) is 24.5 Å². The molecule has 0 atom stereocenters. The van der Waals surface area contributed by atoms with Crippen molar-refractivity contribution >= 4 is 11.9 Å². The number of nitrogens with zero attached hydrogens (tertiary/aromatic N) is 3. The van der Waals surface area contributed by atoms with E-state index in [1.165, 1.54) is 0 Å². The summed E-state index contributed by atoms with van der Waals surface area (Å²) >= 11 is 0. The highest BCUT2D eigenvalue weighted by molar-refractivity contribution is 5.93. The van der Waals surface area contributed by atoms with Crippen LogP contribution in [-0.2, 0) is 15.9 Å². The highest BCUT2D eigenvalue weighted by Gasteiger charge is 2.19. The Balaban J connectivity index is 1.86. The van der Waals surface area contributed by atoms with Crippen molar-refractivity contribution in [2.75, 3.05) is 32.9 Å². The first kappa shape index (κ1) is 16.4. The van der Waals surface area contributed by atoms with E-state index < -0.39 is 6.09 Å². The van der Waals surface area contributed by atoms with E-state index in [4.69, 9.17) is 9.47 Å². The van der Waals surface area contributed by atoms with Gasteiger partial charge in [-0.1, -0.05) is 13.8 Å². The molecule has 6 heteroatoms. The zero-order valence-corrected chi connectivity index (χ0v) is 13.2. The van der Waals surface area contributed by atoms with Gasteiger partial charge in [-0.3, -0.25) is 4.98 Å². The number of hydrogen-bond acceptors (Lipinski definition) is 4. The Bertz CT molecular complexity index is 497. The van der Waals surface area contributed by atoms with Crippen LogP contribution in [0.25, 0.3) is 0 Å². The molecule has 0 N–H and O–H groups in total. The fraction of sp³-hybridized carbons (Fsp3) is 0.562. The molecular formula is C16H23N3O3. The lowest BCUT2D eigenvalue weighted by Gasteiger charge is -2.31. The molecule has 1 aliphatic rings. The second kappa shape index (κ2) is 8.48. The van der Waals surface area contributed by atoms with Crippen LogP contribution >= 0.6 is 0 Å². The predicted molar refractivity (Wildman–Crippen MR) is 84.0 cm³/mol. The van der Waals surface area contributed by atoms with Crippen LogP contribution in [0.2, 0.25) is 0 Å². The third-order valence-electron chi connectivity index (χ3n) is 3.42. The molecule has 6 nitrogen and oxygen atoms in total. The average Bonchev–Trinajstić information content (AvgIpc) is 2.54. The van der Waals surface area contributed by atoms with Crippen molar-refractivity contribution in [3.8, 4) is 0 Å². The van der Waals surface area contributed by atoms with E-state index in [1.54, 1.807) is 12.4 Å². The largest absolute Gasteiger partial charge is 0.448 e. The number of carbonyl (C=O) groups is 1. The standard InChI is InChI=1S/C16H23N3O3/c1-13(2)15(19-8-11-21-12-9-19)18-16(20)22-10-5-14-3-6-17-7-4-14/h3-4,6-7,13H,5,8-12H2,1-2H3/b18-15-. The Labute approximate surface area is 131 Å². The van der Waals surface area contributed by atoms with Gasteiger partial charge in [0.2, 0.25) is 0 Å². The Morgan fingerprint density at radius 3 is 2.68 bits per heavy atom. The van der Waals surface area contributed by atoms with E-state index in [9.17, 15) is 4.79 Å². The molecule has 0 aliphatic carbocycles. The Hall–Kier alpha value is -1.95. The van der Waals surface area contributed by atoms with Crippen LogP contribution in [-0.4, -0.2) is 54.7 Å². The second-order valence-electron chi connectivity index (χ2n) is 5.44. The van der Waals surface area contributed by atoms with E-state index in [0.29, 0.717) is 26.2 Å². The van der Waals surface area contributed by atoms with Crippen LogP contribution in [0.5, 0.6) is 0 Å². The molecule has 0 spiro atoms. The van der Waals surface area contributed by atoms with Crippen molar-refractivity contribution in [3.05, 3.63) is 30.1 Å². The number of rotatable bonds is 4. The maximum absolute atomic E-state index is 11.9. The number of carbonyl (C=O) groups excluding carboxylic acids is 1. The van der Waals surface area contributed by atoms with Gasteiger partial charge in [-0.25, -0.2) is 4.79 Å². The van der Waals surface area contributed by atoms with Crippen molar-refractivity contribution in [2.45, 2.75) is 20.3 Å². The number of pyridine rings is 1. The second-order valence-corrected chi connectivity index (χ2v) is 5.44. The van der Waals surface area contributed by atoms with Crippen LogP contribution in [0, 0.1) is 5.92 Å². The molecule has 1 aromatic rings. The van der Waals surface area contributed by atoms with Crippen LogP contribution in [0.15, 0.2) is 29.5 Å². The summed E-state index contributed by atoms with van der Waals surface area (Å²) in [7, 11) is 0. The summed E-state index contributed by atoms with van der Waals surface area (Å²) in [6.45, 7) is 7.24. The molecule has 1 saturated heterocycles. The fourth-order valence-corrected chi connectivity index (χ4v) is 2.29. The van der Waals surface area contributed by atoms with Crippen LogP contribution in [0.3, 0.4) is 0 Å². The van der Waals surface area contributed by atoms with Crippen molar-refractivity contribution < 1.29 is 14.3 Å². The Morgan fingerprint density at radius 1 is 1.36 bits per heavy atom. The third-order valence-corrected chi connectivity index (χ3v) is 3.42. The van der Waals surface area contributed by atoms with Gasteiger partial charge in [0, 0.05) is 37.8 Å². The van der Waals surface area contributed by atoms with Crippen molar-refractivity contribution in [2.24, 2.45) is 10.9 Å². The lowest BCUT2D eigenvalue weighted by atomic mass is 10.1. The molecule has 0 saturated carbocycles. The Morgan fingerprint density at radius 2 is 2.05 bits per heavy atom. The first-order valence-electron chi connectivity index (χ1n) is 7.63. The predicted octanol–water partition coefficient (Wildman–Crippen LogP) is 2.15. The first-order valence-corrected chi connectivity index (χ1v) is 7.63. The monoisotopic (exact) mass is 305 g/mol. The minimum Gasteiger partial charge on any atom is -0.448 e. The minimum absolute atomic E-state index is 0.172. The summed E-state index contributed by atoms with van der Waals surface area (Å²) in [6, 6.07) is 3.81. The molecule has 120 valence electrons. The SMILES string of the molecule is CC(C)/C(=N/C(=O)OCCc1ccncc1)N1CCOCC1. The summed E-state index contributed by atoms with van der Waals surface area (Å²) < 4.78 is 10.5. The lowest BCUT2D eigenvalue weighted by molar-refractivity contribution is 0.0660. The minimum atomic E-state index is -0.524. The Kier molecular flexibility index (Phi) is 6.33. The number of aliphatic imine (C=N–C) groups is 1. The van der Waals surface area contributed by atoms with Gasteiger partial charge in [0.05, 0.1) is 19.8 Å². The highest BCUT2D eigenvalue weighted by Crippen LogP contribution is 2.08. The summed E-state index contributed by atoms with van der Waals surface area (Å²) in [5.41, 5.74) is 1.09. The zero-order chi connectivity index (χ0) is 15.8. The van der Waals surface area contributed by atoms with Gasteiger partial charge in [-0.05, 0) is 17.7 Å². The number of hydrogen-bond donors (Lipinski definition) is 0. The molecule has 0 unspecified atom stereocenters. The molecule has 2 rings (SSSR count). The van der Waals surface area contributed by atoms with Crippen LogP contribution < -0.4 is 0 Å². The zero-order valence-electron chi connectivity index (χ0n) is 13.2. The maximum Gasteiger partial charge on any atom is 0.435 e. The molecular weight excluding hydrogens is 282 g/mol. The summed E-state index contributed by atoms with van der Waals surface area (Å²) in [5, 5.41) is 0. The highest BCUT2D eigenvalue weighted by atomic mass is 16.5. The van der Waals surface area contributed by atoms with Gasteiger partial charge < -0.3 is 14.4 Å². The van der Waals surface area contributed by atoms with Crippen LogP contribution in [0.4, 0.5) is 4.79 Å². The molecule has 0 aromatic carbocycles. The number of aromatic nitrogens is 1. The van der Waals surface area contributed by atoms with Gasteiger partial charge in [0.25, 0.3) is 0 Å². The van der Waals surface area contributed by atoms with Gasteiger partial charge in [0.1, 0.15) is 5.84 Å². The van der Waals surface area contributed by atoms with E-state index in [-0.39, 0.29) is 5.92 Å². The van der Waals surface area contributed by atoms with Gasteiger partial charge in [-0.15, -0.1) is 0 Å². The maximum atomic E-state index is 11.9. The number of amides is 1. The molecule has 1 amide bonds. The first-order chi connectivity index (χ1) is 10.7. The number of amidine groups is 1. The van der Waals surface area contributed by atoms with Gasteiger partial charge >= 0.3 is 6.09 Å². The number of morpholine rings is 1. The molecule has 22 heavy (non-hydrogen) atoms. The van der Waals surface area contributed by atoms with Gasteiger partial charge in [-0.2, -0.15) is 4.99 Å². The molecule has 1 aromatic heterocycles. The molecule has 1 fully saturated rings. The molecule has 0 radical (unpaired) electrons. The van der Waals surface area contributed by atoms with E-state index >= 15 is 0 Å². The number of ether oxygens (including phenoxy) is 2. The topological polar surface area (TPSA) is 64.0 Å². The van der Waals surface area contributed by atoms with E-state index in [1.807, 2.05) is 26.0 Å². The summed E-state index contributed by atoms with van der Waals surface area (Å²) in [4.78, 5) is 22.1. The summed E-state index contributed by atoms with van der Waals surface area (Å²) in [5.74, 6) is 0.947. The van der Waals surface area contributed by atoms with Crippen molar-refractivity contribution in [3.63, 3.8) is 0 Å². The van der Waals surface area contributed by atoms with E-state index in [2.05, 4.69) is 14.9 Å². The normalized spacial score (nSPS) is 16.0. The smallest absolute Gasteiger partial charge is 0.435 e. The third kappa shape index (κ3) is 5.11. The van der Waals surface area contributed by atoms with Crippen molar-refractivity contribution in [1.82, 2.24) is 9.88 Å². The fourth-order valence-electron chi connectivity index (χ4n) is 2.29.